The van der Waals surface area contributed by atoms with Gasteiger partial charge in [-0.3, -0.25) is 4.90 Å². The highest BCUT2D eigenvalue weighted by Crippen LogP contribution is 2.25. The van der Waals surface area contributed by atoms with Crippen molar-refractivity contribution in [1.82, 2.24) is 4.90 Å². The van der Waals surface area contributed by atoms with Gasteiger partial charge in [0.25, 0.3) is 0 Å². The van der Waals surface area contributed by atoms with Crippen LogP contribution in [0.3, 0.4) is 0 Å². The fourth-order valence-corrected chi connectivity index (χ4v) is 4.90. The summed E-state index contributed by atoms with van der Waals surface area (Å²) in [7, 11) is -2.81. The second-order valence-electron chi connectivity index (χ2n) is 6.07. The van der Waals surface area contributed by atoms with Crippen LogP contribution in [0.1, 0.15) is 12.5 Å². The van der Waals surface area contributed by atoms with Crippen LogP contribution in [0.5, 0.6) is 0 Å². The predicted octanol–water partition coefficient (Wildman–Crippen LogP) is 1.39. The fourth-order valence-electron chi connectivity index (χ4n) is 3.27. The van der Waals surface area contributed by atoms with Gasteiger partial charge in [-0.25, -0.2) is 8.42 Å². The van der Waals surface area contributed by atoms with Crippen molar-refractivity contribution >= 4 is 15.5 Å². The highest BCUT2D eigenvalue weighted by Gasteiger charge is 2.30. The number of rotatable bonds is 2. The average molecular weight is 294 g/mol. The van der Waals surface area contributed by atoms with Gasteiger partial charge >= 0.3 is 0 Å². The molecule has 0 spiro atoms. The van der Waals surface area contributed by atoms with Crippen LogP contribution in [0.2, 0.25) is 0 Å². The summed E-state index contributed by atoms with van der Waals surface area (Å²) in [6.45, 7) is 4.67. The first-order valence-corrected chi connectivity index (χ1v) is 9.12. The average Bonchev–Trinajstić information content (AvgIpc) is 2.41. The van der Waals surface area contributed by atoms with Crippen molar-refractivity contribution in [3.63, 3.8) is 0 Å². The number of para-hydroxylation sites is 1. The van der Waals surface area contributed by atoms with Crippen molar-refractivity contribution < 1.29 is 8.42 Å². The van der Waals surface area contributed by atoms with Gasteiger partial charge in [0.15, 0.2) is 9.84 Å². The first-order chi connectivity index (χ1) is 9.53. The molecule has 2 aliphatic heterocycles. The quantitative estimate of drug-likeness (QED) is 0.895. The normalized spacial score (nSPS) is 29.4. The zero-order valence-electron chi connectivity index (χ0n) is 11.9. The number of nitrogens with one attached hydrogen (secondary N) is 1. The monoisotopic (exact) mass is 294 g/mol. The minimum Gasteiger partial charge on any atom is -0.384 e. The van der Waals surface area contributed by atoms with E-state index in [0.29, 0.717) is 24.0 Å². The predicted molar refractivity (Wildman–Crippen MR) is 81.8 cm³/mol. The molecular weight excluding hydrogens is 272 g/mol. The number of hydrogen-bond donors (Lipinski definition) is 1. The van der Waals surface area contributed by atoms with Crippen LogP contribution < -0.4 is 5.32 Å². The van der Waals surface area contributed by atoms with Gasteiger partial charge in [0.05, 0.1) is 11.5 Å². The molecule has 20 heavy (non-hydrogen) atoms. The zero-order chi connectivity index (χ0) is 14.2. The first kappa shape index (κ1) is 13.9. The molecule has 2 atom stereocenters. The summed E-state index contributed by atoms with van der Waals surface area (Å²) in [5.41, 5.74) is 2.62. The summed E-state index contributed by atoms with van der Waals surface area (Å²) >= 11 is 0. The van der Waals surface area contributed by atoms with Crippen LogP contribution in [0, 0.1) is 5.92 Å². The summed E-state index contributed by atoms with van der Waals surface area (Å²) in [6, 6.07) is 8.59. The molecule has 1 aromatic rings. The number of anilines is 1. The topological polar surface area (TPSA) is 49.4 Å². The lowest BCUT2D eigenvalue weighted by atomic mass is 9.93. The molecule has 1 fully saturated rings. The molecule has 0 aromatic heterocycles. The molecule has 5 heteroatoms. The standard InChI is InChI=1S/C15H22N2O2S/c1-12-11-20(18,19)7-6-17(12)10-13-8-14-4-2-3-5-15(14)16-9-13/h2-5,12-13,16H,6-11H2,1H3. The molecule has 2 aliphatic rings. The summed E-state index contributed by atoms with van der Waals surface area (Å²) in [5.74, 6) is 1.19. The van der Waals surface area contributed by atoms with Crippen molar-refractivity contribution in [1.29, 1.82) is 0 Å². The third-order valence-corrected chi connectivity index (χ3v) is 6.20. The zero-order valence-corrected chi connectivity index (χ0v) is 12.7. The van der Waals surface area contributed by atoms with E-state index >= 15 is 0 Å². The maximum atomic E-state index is 11.6. The molecule has 0 amide bonds. The Kier molecular flexibility index (Phi) is 3.73. The molecule has 1 saturated heterocycles. The Morgan fingerprint density at radius 2 is 2.15 bits per heavy atom. The van der Waals surface area contributed by atoms with Crippen molar-refractivity contribution in [3.05, 3.63) is 29.8 Å². The molecule has 110 valence electrons. The van der Waals surface area contributed by atoms with Gasteiger partial charge < -0.3 is 5.32 Å². The molecule has 2 heterocycles. The Morgan fingerprint density at radius 3 is 2.95 bits per heavy atom. The molecule has 3 rings (SSSR count). The third kappa shape index (κ3) is 2.99. The van der Waals surface area contributed by atoms with Gasteiger partial charge in [-0.2, -0.15) is 0 Å². The van der Waals surface area contributed by atoms with Crippen molar-refractivity contribution in [3.8, 4) is 0 Å². The van der Waals surface area contributed by atoms with Crippen LogP contribution >= 0.6 is 0 Å². The van der Waals surface area contributed by atoms with E-state index in [4.69, 9.17) is 0 Å². The van der Waals surface area contributed by atoms with E-state index < -0.39 is 9.84 Å². The Balaban J connectivity index is 1.63. The van der Waals surface area contributed by atoms with E-state index in [2.05, 4.69) is 34.5 Å². The molecule has 2 unspecified atom stereocenters. The number of benzene rings is 1. The summed E-state index contributed by atoms with van der Waals surface area (Å²) in [6.07, 6.45) is 1.08. The van der Waals surface area contributed by atoms with E-state index in [9.17, 15) is 8.42 Å². The van der Waals surface area contributed by atoms with Crippen LogP contribution in [0.25, 0.3) is 0 Å². The SMILES string of the molecule is CC1CS(=O)(=O)CCN1CC1CNc2ccccc2C1. The molecular formula is C15H22N2O2S. The van der Waals surface area contributed by atoms with Crippen LogP contribution in [-0.4, -0.2) is 50.5 Å². The lowest BCUT2D eigenvalue weighted by Gasteiger charge is -2.37. The highest BCUT2D eigenvalue weighted by molar-refractivity contribution is 7.91. The maximum absolute atomic E-state index is 11.6. The maximum Gasteiger partial charge on any atom is 0.153 e. The number of fused-ring (bicyclic) bond motifs is 1. The first-order valence-electron chi connectivity index (χ1n) is 7.30. The van der Waals surface area contributed by atoms with E-state index in [1.54, 1.807) is 0 Å². The van der Waals surface area contributed by atoms with E-state index in [-0.39, 0.29) is 6.04 Å². The number of sulfone groups is 1. The summed E-state index contributed by atoms with van der Waals surface area (Å²) < 4.78 is 23.2. The summed E-state index contributed by atoms with van der Waals surface area (Å²) in [5, 5.41) is 3.49. The molecule has 0 radical (unpaired) electrons. The van der Waals surface area contributed by atoms with Gasteiger partial charge in [-0.15, -0.1) is 0 Å². The fraction of sp³-hybridized carbons (Fsp3) is 0.600. The lowest BCUT2D eigenvalue weighted by Crippen LogP contribution is -2.49. The smallest absolute Gasteiger partial charge is 0.153 e. The van der Waals surface area contributed by atoms with Crippen LogP contribution in [-0.2, 0) is 16.3 Å². The van der Waals surface area contributed by atoms with E-state index in [1.165, 1.54) is 11.3 Å². The second-order valence-corrected chi connectivity index (χ2v) is 8.30. The molecule has 1 N–H and O–H groups in total. The van der Waals surface area contributed by atoms with Gasteiger partial charge in [0, 0.05) is 31.4 Å². The highest BCUT2D eigenvalue weighted by atomic mass is 32.2. The third-order valence-electron chi connectivity index (χ3n) is 4.41. The summed E-state index contributed by atoms with van der Waals surface area (Å²) in [4.78, 5) is 2.33. The molecule has 1 aromatic carbocycles. The van der Waals surface area contributed by atoms with Gasteiger partial charge in [0.2, 0.25) is 0 Å². The second kappa shape index (κ2) is 5.37. The molecule has 0 saturated carbocycles. The minimum absolute atomic E-state index is 0.144. The number of hydrogen-bond acceptors (Lipinski definition) is 4. The molecule has 0 bridgehead atoms. The molecule has 4 nitrogen and oxygen atoms in total. The van der Waals surface area contributed by atoms with Crippen LogP contribution in [0.15, 0.2) is 24.3 Å². The molecule has 0 aliphatic carbocycles. The minimum atomic E-state index is -2.81. The Labute approximate surface area is 121 Å². The lowest BCUT2D eigenvalue weighted by molar-refractivity contribution is 0.193. The van der Waals surface area contributed by atoms with E-state index in [0.717, 1.165) is 19.5 Å². The van der Waals surface area contributed by atoms with Crippen molar-refractivity contribution in [2.75, 3.05) is 36.5 Å². The van der Waals surface area contributed by atoms with E-state index in [1.807, 2.05) is 6.92 Å². The van der Waals surface area contributed by atoms with Crippen molar-refractivity contribution in [2.24, 2.45) is 5.92 Å². The Bertz CT molecular complexity index is 585. The van der Waals surface area contributed by atoms with Crippen LogP contribution in [0.4, 0.5) is 5.69 Å². The Morgan fingerprint density at radius 1 is 1.35 bits per heavy atom. The number of nitrogens with zero attached hydrogens (tertiary/aromatic N) is 1. The van der Waals surface area contributed by atoms with Gasteiger partial charge in [0.1, 0.15) is 0 Å². The Hall–Kier alpha value is -1.07. The van der Waals surface area contributed by atoms with Gasteiger partial charge in [-0.1, -0.05) is 18.2 Å². The van der Waals surface area contributed by atoms with Crippen molar-refractivity contribution in [2.45, 2.75) is 19.4 Å². The van der Waals surface area contributed by atoms with Gasteiger partial charge in [-0.05, 0) is 30.9 Å². The largest absolute Gasteiger partial charge is 0.384 e.